The van der Waals surface area contributed by atoms with Crippen molar-refractivity contribution in [3.8, 4) is 0 Å². The molecule has 0 aliphatic carbocycles. The van der Waals surface area contributed by atoms with E-state index in [-0.39, 0.29) is 37.5 Å². The largest absolute Gasteiger partial charge is 0.462 e. The average molecular weight is 953 g/mol. The van der Waals surface area contributed by atoms with E-state index in [0.29, 0.717) is 19.3 Å². The number of carbonyl (C=O) groups is 3. The van der Waals surface area contributed by atoms with Gasteiger partial charge in [0.2, 0.25) is 0 Å². The molecule has 0 saturated carbocycles. The Morgan fingerprint density at radius 3 is 0.928 bits per heavy atom. The Morgan fingerprint density at radius 1 is 0.304 bits per heavy atom. The van der Waals surface area contributed by atoms with E-state index >= 15 is 0 Å². The Hall–Kier alpha value is -4.45. The lowest BCUT2D eigenvalue weighted by atomic mass is 10.1. The van der Waals surface area contributed by atoms with E-state index in [1.54, 1.807) is 0 Å². The molecule has 6 heteroatoms. The number of ether oxygens (including phenoxy) is 3. The van der Waals surface area contributed by atoms with Crippen LogP contribution >= 0.6 is 0 Å². The number of allylic oxidation sites excluding steroid dienone is 22. The minimum atomic E-state index is -0.822. The van der Waals surface area contributed by atoms with Crippen molar-refractivity contribution in [1.29, 1.82) is 0 Å². The second-order valence-electron chi connectivity index (χ2n) is 17.7. The molecule has 388 valence electrons. The first-order valence-electron chi connectivity index (χ1n) is 27.7. The lowest BCUT2D eigenvalue weighted by Crippen LogP contribution is -2.30. The van der Waals surface area contributed by atoms with Crippen LogP contribution in [0.15, 0.2) is 134 Å². The van der Waals surface area contributed by atoms with E-state index in [1.165, 1.54) is 38.5 Å². The highest BCUT2D eigenvalue weighted by atomic mass is 16.6. The lowest BCUT2D eigenvalue weighted by molar-refractivity contribution is -0.167. The van der Waals surface area contributed by atoms with Gasteiger partial charge >= 0.3 is 17.9 Å². The fourth-order valence-electron chi connectivity index (χ4n) is 7.03. The Bertz CT molecular complexity index is 1510. The molecule has 69 heavy (non-hydrogen) atoms. The summed E-state index contributed by atoms with van der Waals surface area (Å²) in [5.41, 5.74) is 0. The minimum Gasteiger partial charge on any atom is -0.462 e. The predicted molar refractivity (Wildman–Crippen MR) is 297 cm³/mol. The van der Waals surface area contributed by atoms with Gasteiger partial charge in [0.05, 0.1) is 0 Å². The van der Waals surface area contributed by atoms with Crippen LogP contribution < -0.4 is 0 Å². The molecule has 0 aliphatic rings. The number of hydrogen-bond donors (Lipinski definition) is 0. The molecule has 1 atom stereocenters. The van der Waals surface area contributed by atoms with Crippen LogP contribution in [-0.4, -0.2) is 37.2 Å². The lowest BCUT2D eigenvalue weighted by Gasteiger charge is -2.18. The van der Waals surface area contributed by atoms with Gasteiger partial charge in [0.15, 0.2) is 6.10 Å². The molecule has 0 amide bonds. The third kappa shape index (κ3) is 54.4. The van der Waals surface area contributed by atoms with Gasteiger partial charge in [0.25, 0.3) is 0 Å². The van der Waals surface area contributed by atoms with Gasteiger partial charge in [-0.2, -0.15) is 0 Å². The van der Waals surface area contributed by atoms with Crippen molar-refractivity contribution in [2.45, 2.75) is 232 Å². The number of hydrogen-bond acceptors (Lipinski definition) is 6. The molecule has 0 bridgehead atoms. The third-order valence-electron chi connectivity index (χ3n) is 11.1. The molecule has 0 rings (SSSR count). The molecule has 0 radical (unpaired) electrons. The van der Waals surface area contributed by atoms with Crippen molar-refractivity contribution in [1.82, 2.24) is 0 Å². The molecule has 0 aromatic rings. The van der Waals surface area contributed by atoms with Crippen LogP contribution in [0.4, 0.5) is 0 Å². The highest BCUT2D eigenvalue weighted by Gasteiger charge is 2.19. The van der Waals surface area contributed by atoms with Crippen LogP contribution in [0.25, 0.3) is 0 Å². The Morgan fingerprint density at radius 2 is 0.580 bits per heavy atom. The van der Waals surface area contributed by atoms with Gasteiger partial charge in [-0.1, -0.05) is 219 Å². The molecule has 0 aliphatic heterocycles. The Balaban J connectivity index is 4.49. The fraction of sp³-hybridized carbons (Fsp3) is 0.603. The summed E-state index contributed by atoms with van der Waals surface area (Å²) in [6.45, 7) is 6.27. The molecule has 0 saturated heterocycles. The van der Waals surface area contributed by atoms with E-state index in [1.807, 2.05) is 0 Å². The summed E-state index contributed by atoms with van der Waals surface area (Å²) in [6, 6.07) is 0. The molecule has 0 spiro atoms. The van der Waals surface area contributed by atoms with Gasteiger partial charge in [-0.25, -0.2) is 0 Å². The molecule has 0 aromatic heterocycles. The van der Waals surface area contributed by atoms with Crippen molar-refractivity contribution in [2.75, 3.05) is 13.2 Å². The summed E-state index contributed by atoms with van der Waals surface area (Å²) < 4.78 is 16.8. The van der Waals surface area contributed by atoms with Crippen LogP contribution in [0.3, 0.4) is 0 Å². The normalized spacial score (nSPS) is 13.1. The molecule has 0 heterocycles. The molecular weight excluding hydrogens is 853 g/mol. The highest BCUT2D eigenvalue weighted by molar-refractivity contribution is 5.71. The van der Waals surface area contributed by atoms with Gasteiger partial charge in [-0.15, -0.1) is 0 Å². The first kappa shape index (κ1) is 64.5. The van der Waals surface area contributed by atoms with Crippen molar-refractivity contribution in [3.63, 3.8) is 0 Å². The topological polar surface area (TPSA) is 78.9 Å². The van der Waals surface area contributed by atoms with Crippen LogP contribution in [0.5, 0.6) is 0 Å². The van der Waals surface area contributed by atoms with Crippen LogP contribution in [-0.2, 0) is 28.6 Å². The van der Waals surface area contributed by atoms with E-state index in [2.05, 4.69) is 154 Å². The molecule has 0 N–H and O–H groups in total. The fourth-order valence-corrected chi connectivity index (χ4v) is 7.03. The molecular formula is C63H100O6. The minimum absolute atomic E-state index is 0.114. The van der Waals surface area contributed by atoms with E-state index in [0.717, 1.165) is 141 Å². The summed E-state index contributed by atoms with van der Waals surface area (Å²) in [5.74, 6) is -1.00. The van der Waals surface area contributed by atoms with Gasteiger partial charge in [-0.05, 0) is 122 Å². The Labute approximate surface area is 424 Å². The van der Waals surface area contributed by atoms with Crippen molar-refractivity contribution in [2.24, 2.45) is 0 Å². The summed E-state index contributed by atoms with van der Waals surface area (Å²) in [6.07, 6.45) is 78.7. The second kappa shape index (κ2) is 56.1. The first-order chi connectivity index (χ1) is 34.0. The standard InChI is InChI=1S/C63H100O6/c1-4-7-10-13-16-19-22-25-27-29-30-31-32-34-35-38-41-44-47-50-53-56-62(65)68-59-60(58-67-61(64)55-52-49-46-43-40-37-24-21-18-15-12-9-6-3)69-63(66)57-54-51-48-45-42-39-36-33-28-26-23-20-17-14-11-8-5-2/h7-8,10-12,15-17,19-21,24-28,30-31,36,39,45,48,60H,4-6,9,13-14,18,22-23,29,32-35,37-38,40-44,46-47,49-59H2,1-3H3/b10-7-,11-8-,15-12-,19-16-,20-17-,24-21-,27-25-,28-26-,31-30-,39-36-,48-45-. The summed E-state index contributed by atoms with van der Waals surface area (Å²) >= 11 is 0. The number of unbranched alkanes of at least 4 members (excludes halogenated alkanes) is 15. The van der Waals surface area contributed by atoms with Crippen LogP contribution in [0.1, 0.15) is 226 Å². The molecule has 0 aromatic carbocycles. The second-order valence-corrected chi connectivity index (χ2v) is 17.7. The summed E-state index contributed by atoms with van der Waals surface area (Å²) in [5, 5.41) is 0. The summed E-state index contributed by atoms with van der Waals surface area (Å²) in [7, 11) is 0. The zero-order valence-electron chi connectivity index (χ0n) is 44.3. The smallest absolute Gasteiger partial charge is 0.306 e. The van der Waals surface area contributed by atoms with Gasteiger partial charge in [-0.3, -0.25) is 14.4 Å². The maximum atomic E-state index is 12.8. The first-order valence-corrected chi connectivity index (χ1v) is 27.7. The van der Waals surface area contributed by atoms with Crippen LogP contribution in [0.2, 0.25) is 0 Å². The van der Waals surface area contributed by atoms with Crippen molar-refractivity contribution in [3.05, 3.63) is 134 Å². The predicted octanol–water partition coefficient (Wildman–Crippen LogP) is 18.6. The maximum absolute atomic E-state index is 12.8. The maximum Gasteiger partial charge on any atom is 0.306 e. The Kier molecular flexibility index (Phi) is 52.5. The number of rotatable bonds is 48. The zero-order chi connectivity index (χ0) is 50.0. The van der Waals surface area contributed by atoms with Gasteiger partial charge in [0.1, 0.15) is 13.2 Å². The zero-order valence-corrected chi connectivity index (χ0v) is 44.3. The highest BCUT2D eigenvalue weighted by Crippen LogP contribution is 2.13. The van der Waals surface area contributed by atoms with Gasteiger partial charge in [0, 0.05) is 19.3 Å². The third-order valence-corrected chi connectivity index (χ3v) is 11.1. The number of esters is 3. The summed E-state index contributed by atoms with van der Waals surface area (Å²) in [4.78, 5) is 38.1. The van der Waals surface area contributed by atoms with Crippen LogP contribution in [0, 0.1) is 0 Å². The average Bonchev–Trinajstić information content (AvgIpc) is 3.35. The molecule has 1 unspecified atom stereocenters. The van der Waals surface area contributed by atoms with E-state index in [4.69, 9.17) is 14.2 Å². The quantitative estimate of drug-likeness (QED) is 0.0262. The van der Waals surface area contributed by atoms with E-state index < -0.39 is 6.10 Å². The SMILES string of the molecule is CC/C=C\C/C=C\C/C=C\C/C=C\C/C=C\CCCC(=O)OC(COC(=O)CCCCCCC/C=C\C/C=C\CCC)COC(=O)CCCCCCCCCC/C=C\C/C=C\C/C=C\C/C=C\CC. The van der Waals surface area contributed by atoms with Crippen molar-refractivity contribution >= 4 is 17.9 Å². The van der Waals surface area contributed by atoms with Crippen molar-refractivity contribution < 1.29 is 28.6 Å². The van der Waals surface area contributed by atoms with Gasteiger partial charge < -0.3 is 14.2 Å². The van der Waals surface area contributed by atoms with E-state index in [9.17, 15) is 14.4 Å². The number of carbonyl (C=O) groups excluding carboxylic acids is 3. The monoisotopic (exact) mass is 953 g/mol. The molecule has 0 fully saturated rings. The molecule has 6 nitrogen and oxygen atoms in total.